The van der Waals surface area contributed by atoms with Crippen LogP contribution >= 0.6 is 0 Å². The predicted molar refractivity (Wildman–Crippen MR) is 79.2 cm³/mol. The third-order valence-electron chi connectivity index (χ3n) is 4.28. The molecule has 2 aromatic rings. The van der Waals surface area contributed by atoms with E-state index in [2.05, 4.69) is 4.90 Å². The van der Waals surface area contributed by atoms with Gasteiger partial charge in [-0.05, 0) is 23.6 Å². The van der Waals surface area contributed by atoms with Crippen LogP contribution in [0.4, 0.5) is 0 Å². The molecule has 1 aliphatic heterocycles. The summed E-state index contributed by atoms with van der Waals surface area (Å²) in [5.74, 6) is 0.282. The first-order valence-electron chi connectivity index (χ1n) is 7.08. The zero-order chi connectivity index (χ0) is 15.2. The van der Waals surface area contributed by atoms with Crippen LogP contribution in [0.3, 0.4) is 0 Å². The zero-order valence-corrected chi connectivity index (χ0v) is 12.2. The number of β-amino-alcohol motifs (C(OH)–C–C–N with tert-alkyl or cyclic N) is 1. The van der Waals surface area contributed by atoms with Crippen molar-refractivity contribution in [1.29, 1.82) is 0 Å². The number of hydrogen-bond acceptors (Lipinski definition) is 5. The molecule has 0 saturated carbocycles. The van der Waals surface area contributed by atoms with Crippen LogP contribution in [-0.2, 0) is 6.54 Å². The summed E-state index contributed by atoms with van der Waals surface area (Å²) in [5, 5.41) is 20.6. The predicted octanol–water partition coefficient (Wildman–Crippen LogP) is 1.70. The molecule has 0 amide bonds. The number of aromatic hydroxyl groups is 1. The Kier molecular flexibility index (Phi) is 3.26. The van der Waals surface area contributed by atoms with Gasteiger partial charge in [-0.2, -0.15) is 0 Å². The molecule has 0 bridgehead atoms. The number of rotatable bonds is 3. The van der Waals surface area contributed by atoms with Crippen molar-refractivity contribution in [3.8, 4) is 5.75 Å². The highest BCUT2D eigenvalue weighted by atomic mass is 16.4. The van der Waals surface area contributed by atoms with Crippen LogP contribution in [0.1, 0.15) is 19.4 Å². The molecule has 1 fully saturated rings. The van der Waals surface area contributed by atoms with Crippen molar-refractivity contribution in [1.82, 2.24) is 4.90 Å². The maximum Gasteiger partial charge on any atom is 0.336 e. The van der Waals surface area contributed by atoms with Crippen molar-refractivity contribution in [2.24, 2.45) is 5.92 Å². The van der Waals surface area contributed by atoms with E-state index < -0.39 is 11.2 Å². The molecule has 1 saturated heterocycles. The van der Waals surface area contributed by atoms with E-state index in [-0.39, 0.29) is 11.7 Å². The van der Waals surface area contributed by atoms with Crippen molar-refractivity contribution >= 4 is 11.0 Å². The fourth-order valence-electron chi connectivity index (χ4n) is 2.80. The first-order chi connectivity index (χ1) is 9.87. The van der Waals surface area contributed by atoms with Gasteiger partial charge >= 0.3 is 5.63 Å². The standard InChI is InChI=1S/C16H19NO4/c1-10(2)16(20)8-17(9-16)7-11-5-15(19)21-14-6-12(18)3-4-13(11)14/h3-6,10,18,20H,7-9H2,1-2H3. The minimum Gasteiger partial charge on any atom is -0.508 e. The molecule has 21 heavy (non-hydrogen) atoms. The van der Waals surface area contributed by atoms with Gasteiger partial charge in [0.15, 0.2) is 0 Å². The average molecular weight is 289 g/mol. The number of benzene rings is 1. The van der Waals surface area contributed by atoms with Crippen LogP contribution in [0.15, 0.2) is 33.5 Å². The van der Waals surface area contributed by atoms with E-state index in [1.165, 1.54) is 12.1 Å². The fraction of sp³-hybridized carbons (Fsp3) is 0.438. The summed E-state index contributed by atoms with van der Waals surface area (Å²) in [6, 6.07) is 6.25. The quantitative estimate of drug-likeness (QED) is 0.841. The lowest BCUT2D eigenvalue weighted by molar-refractivity contribution is -0.130. The molecule has 0 atom stereocenters. The van der Waals surface area contributed by atoms with E-state index in [9.17, 15) is 15.0 Å². The fourth-order valence-corrected chi connectivity index (χ4v) is 2.80. The first-order valence-corrected chi connectivity index (χ1v) is 7.08. The molecule has 5 heteroatoms. The molecule has 0 aliphatic carbocycles. The van der Waals surface area contributed by atoms with Crippen LogP contribution in [0.5, 0.6) is 5.75 Å². The molecular weight excluding hydrogens is 270 g/mol. The molecule has 2 N–H and O–H groups in total. The van der Waals surface area contributed by atoms with E-state index in [0.29, 0.717) is 25.2 Å². The largest absolute Gasteiger partial charge is 0.508 e. The number of aliphatic hydroxyl groups is 1. The number of fused-ring (bicyclic) bond motifs is 1. The monoisotopic (exact) mass is 289 g/mol. The Balaban J connectivity index is 1.87. The summed E-state index contributed by atoms with van der Waals surface area (Å²) in [5.41, 5.74) is 0.181. The second-order valence-electron chi connectivity index (χ2n) is 6.17. The molecule has 3 rings (SSSR count). The average Bonchev–Trinajstić information content (AvgIpc) is 2.35. The van der Waals surface area contributed by atoms with Gasteiger partial charge in [0.2, 0.25) is 0 Å². The number of nitrogens with zero attached hydrogens (tertiary/aromatic N) is 1. The number of phenolic OH excluding ortho intramolecular Hbond substituents is 1. The van der Waals surface area contributed by atoms with Gasteiger partial charge in [0.25, 0.3) is 0 Å². The van der Waals surface area contributed by atoms with E-state index in [1.54, 1.807) is 12.1 Å². The van der Waals surface area contributed by atoms with Gasteiger partial charge in [-0.25, -0.2) is 4.79 Å². The molecule has 1 aromatic heterocycles. The second-order valence-corrected chi connectivity index (χ2v) is 6.17. The van der Waals surface area contributed by atoms with Gasteiger partial charge in [-0.15, -0.1) is 0 Å². The summed E-state index contributed by atoms with van der Waals surface area (Å²) >= 11 is 0. The van der Waals surface area contributed by atoms with E-state index >= 15 is 0 Å². The maximum absolute atomic E-state index is 11.6. The Morgan fingerprint density at radius 2 is 2.05 bits per heavy atom. The molecule has 0 spiro atoms. The Bertz CT molecular complexity index is 729. The lowest BCUT2D eigenvalue weighted by Crippen LogP contribution is -2.63. The first kappa shape index (κ1) is 14.1. The summed E-state index contributed by atoms with van der Waals surface area (Å²) in [6.07, 6.45) is 0. The van der Waals surface area contributed by atoms with Crippen LogP contribution in [-0.4, -0.2) is 33.8 Å². The van der Waals surface area contributed by atoms with Gasteiger partial charge in [-0.3, -0.25) is 4.90 Å². The lowest BCUT2D eigenvalue weighted by atomic mass is 9.83. The van der Waals surface area contributed by atoms with Crippen LogP contribution in [0.25, 0.3) is 11.0 Å². The summed E-state index contributed by atoms with van der Waals surface area (Å²) in [6.45, 7) is 5.80. The SMILES string of the molecule is CC(C)C1(O)CN(Cc2cc(=O)oc3cc(O)ccc23)C1. The number of phenols is 1. The molecule has 1 aliphatic rings. The minimum atomic E-state index is -0.631. The molecule has 1 aromatic carbocycles. The van der Waals surface area contributed by atoms with Crippen LogP contribution in [0.2, 0.25) is 0 Å². The van der Waals surface area contributed by atoms with E-state index in [0.717, 1.165) is 10.9 Å². The Hall–Kier alpha value is -1.85. The van der Waals surface area contributed by atoms with Crippen LogP contribution < -0.4 is 5.63 Å². The molecule has 5 nitrogen and oxygen atoms in total. The van der Waals surface area contributed by atoms with Crippen molar-refractivity contribution in [2.75, 3.05) is 13.1 Å². The minimum absolute atomic E-state index is 0.0703. The Morgan fingerprint density at radius 3 is 2.71 bits per heavy atom. The number of hydrogen-bond donors (Lipinski definition) is 2. The highest BCUT2D eigenvalue weighted by Gasteiger charge is 2.43. The lowest BCUT2D eigenvalue weighted by Gasteiger charge is -2.49. The maximum atomic E-state index is 11.6. The van der Waals surface area contributed by atoms with Gasteiger partial charge in [0.1, 0.15) is 11.3 Å². The number of likely N-dealkylation sites (tertiary alicyclic amines) is 1. The van der Waals surface area contributed by atoms with Crippen molar-refractivity contribution in [2.45, 2.75) is 26.0 Å². The third-order valence-corrected chi connectivity index (χ3v) is 4.28. The third kappa shape index (κ3) is 2.54. The Morgan fingerprint density at radius 1 is 1.33 bits per heavy atom. The second kappa shape index (κ2) is 4.86. The van der Waals surface area contributed by atoms with Gasteiger partial charge < -0.3 is 14.6 Å². The smallest absolute Gasteiger partial charge is 0.336 e. The molecule has 0 radical (unpaired) electrons. The molecular formula is C16H19NO4. The zero-order valence-electron chi connectivity index (χ0n) is 12.2. The van der Waals surface area contributed by atoms with Gasteiger partial charge in [0, 0.05) is 37.2 Å². The highest BCUT2D eigenvalue weighted by Crippen LogP contribution is 2.31. The molecule has 112 valence electrons. The van der Waals surface area contributed by atoms with E-state index in [4.69, 9.17) is 4.42 Å². The summed E-state index contributed by atoms with van der Waals surface area (Å²) in [4.78, 5) is 13.7. The summed E-state index contributed by atoms with van der Waals surface area (Å²) < 4.78 is 5.11. The van der Waals surface area contributed by atoms with E-state index in [1.807, 2.05) is 13.8 Å². The van der Waals surface area contributed by atoms with Gasteiger partial charge in [0.05, 0.1) is 5.60 Å². The van der Waals surface area contributed by atoms with Crippen molar-refractivity contribution < 1.29 is 14.6 Å². The normalized spacial score (nSPS) is 18.1. The van der Waals surface area contributed by atoms with Crippen molar-refractivity contribution in [3.63, 3.8) is 0 Å². The van der Waals surface area contributed by atoms with Crippen molar-refractivity contribution in [3.05, 3.63) is 40.2 Å². The van der Waals surface area contributed by atoms with Gasteiger partial charge in [-0.1, -0.05) is 13.8 Å². The Labute approximate surface area is 122 Å². The topological polar surface area (TPSA) is 73.9 Å². The van der Waals surface area contributed by atoms with Crippen LogP contribution in [0, 0.1) is 5.92 Å². The molecule has 0 unspecified atom stereocenters. The molecule has 2 heterocycles. The highest BCUT2D eigenvalue weighted by molar-refractivity contribution is 5.81. The summed E-state index contributed by atoms with van der Waals surface area (Å²) in [7, 11) is 0.